The van der Waals surface area contributed by atoms with E-state index in [1.807, 2.05) is 0 Å². The predicted octanol–water partition coefficient (Wildman–Crippen LogP) is 3.58. The van der Waals surface area contributed by atoms with Gasteiger partial charge in [-0.25, -0.2) is 4.39 Å². The van der Waals surface area contributed by atoms with E-state index >= 15 is 0 Å². The lowest BCUT2D eigenvalue weighted by Crippen LogP contribution is -2.39. The minimum absolute atomic E-state index is 0.315. The van der Waals surface area contributed by atoms with Crippen LogP contribution in [0.15, 0.2) is 18.2 Å². The summed E-state index contributed by atoms with van der Waals surface area (Å²) in [7, 11) is 0. The van der Waals surface area contributed by atoms with Gasteiger partial charge >= 0.3 is 0 Å². The Hall–Kier alpha value is -0.840. The van der Waals surface area contributed by atoms with E-state index in [4.69, 9.17) is 21.1 Å². The van der Waals surface area contributed by atoms with Crippen LogP contribution < -0.4 is 5.32 Å². The van der Waals surface area contributed by atoms with Crippen LogP contribution in [0.5, 0.6) is 0 Å². The molecule has 2 fully saturated rings. The number of anilines is 1. The molecule has 0 radical (unpaired) electrons. The Bertz CT molecular complexity index is 433. The third-order valence-electron chi connectivity index (χ3n) is 3.79. The van der Waals surface area contributed by atoms with Gasteiger partial charge in [-0.3, -0.25) is 0 Å². The van der Waals surface area contributed by atoms with E-state index in [1.165, 1.54) is 12.1 Å². The SMILES string of the molecule is Fc1cc(Cl)cc(NC2CCC3(CC2)OCCO3)c1. The van der Waals surface area contributed by atoms with Crippen LogP contribution >= 0.6 is 11.6 Å². The molecule has 2 aliphatic rings. The van der Waals surface area contributed by atoms with E-state index in [0.717, 1.165) is 31.4 Å². The summed E-state index contributed by atoms with van der Waals surface area (Å²) in [5.41, 5.74) is 0.735. The van der Waals surface area contributed by atoms with Crippen LogP contribution in [0.25, 0.3) is 0 Å². The predicted molar refractivity (Wildman–Crippen MR) is 71.9 cm³/mol. The van der Waals surface area contributed by atoms with Crippen LogP contribution in [0.1, 0.15) is 25.7 Å². The first-order valence-corrected chi connectivity index (χ1v) is 7.04. The Balaban J connectivity index is 1.59. The minimum atomic E-state index is -0.349. The van der Waals surface area contributed by atoms with Crippen molar-refractivity contribution in [2.75, 3.05) is 18.5 Å². The second-order valence-electron chi connectivity index (χ2n) is 5.18. The Morgan fingerprint density at radius 3 is 2.47 bits per heavy atom. The van der Waals surface area contributed by atoms with Crippen LogP contribution in [0.4, 0.5) is 10.1 Å². The van der Waals surface area contributed by atoms with Crippen molar-refractivity contribution in [3.05, 3.63) is 29.0 Å². The van der Waals surface area contributed by atoms with Crippen LogP contribution in [-0.2, 0) is 9.47 Å². The number of nitrogens with one attached hydrogen (secondary N) is 1. The van der Waals surface area contributed by atoms with E-state index in [-0.39, 0.29) is 11.6 Å². The zero-order valence-corrected chi connectivity index (χ0v) is 11.4. The highest BCUT2D eigenvalue weighted by Gasteiger charge is 2.40. The molecule has 1 aliphatic heterocycles. The van der Waals surface area contributed by atoms with E-state index in [1.54, 1.807) is 6.07 Å². The van der Waals surface area contributed by atoms with Gasteiger partial charge in [-0.05, 0) is 31.0 Å². The molecule has 0 amide bonds. The molecule has 0 aromatic heterocycles. The van der Waals surface area contributed by atoms with Crippen molar-refractivity contribution in [2.24, 2.45) is 0 Å². The first-order valence-electron chi connectivity index (χ1n) is 6.66. The van der Waals surface area contributed by atoms with Gasteiger partial charge in [0.15, 0.2) is 5.79 Å². The molecule has 0 bridgehead atoms. The lowest BCUT2D eigenvalue weighted by atomic mass is 9.90. The summed E-state index contributed by atoms with van der Waals surface area (Å²) in [4.78, 5) is 0. The highest BCUT2D eigenvalue weighted by atomic mass is 35.5. The molecular weight excluding hydrogens is 269 g/mol. The summed E-state index contributed by atoms with van der Waals surface area (Å²) in [5, 5.41) is 3.75. The van der Waals surface area contributed by atoms with Crippen LogP contribution in [-0.4, -0.2) is 25.0 Å². The number of benzene rings is 1. The van der Waals surface area contributed by atoms with Gasteiger partial charge in [0.1, 0.15) is 5.82 Å². The number of ether oxygens (including phenoxy) is 2. The molecule has 3 rings (SSSR count). The van der Waals surface area contributed by atoms with Crippen molar-refractivity contribution in [1.82, 2.24) is 0 Å². The van der Waals surface area contributed by atoms with Crippen LogP contribution in [0, 0.1) is 5.82 Å². The summed E-state index contributed by atoms with van der Waals surface area (Å²) in [5.74, 6) is -0.664. The number of halogens is 2. The molecule has 0 atom stereocenters. The van der Waals surface area contributed by atoms with E-state index in [9.17, 15) is 4.39 Å². The zero-order chi connectivity index (χ0) is 13.3. The molecule has 5 heteroatoms. The van der Waals surface area contributed by atoms with Crippen molar-refractivity contribution in [3.8, 4) is 0 Å². The first kappa shape index (κ1) is 13.2. The molecule has 1 aromatic rings. The Morgan fingerprint density at radius 2 is 1.84 bits per heavy atom. The second-order valence-corrected chi connectivity index (χ2v) is 5.62. The molecule has 0 unspecified atom stereocenters. The van der Waals surface area contributed by atoms with Gasteiger partial charge in [0.2, 0.25) is 0 Å². The van der Waals surface area contributed by atoms with Crippen molar-refractivity contribution < 1.29 is 13.9 Å². The normalized spacial score (nSPS) is 22.8. The lowest BCUT2D eigenvalue weighted by Gasteiger charge is -2.36. The molecule has 104 valence electrons. The van der Waals surface area contributed by atoms with Crippen molar-refractivity contribution in [2.45, 2.75) is 37.5 Å². The molecule has 19 heavy (non-hydrogen) atoms. The van der Waals surface area contributed by atoms with Crippen LogP contribution in [0.3, 0.4) is 0 Å². The fraction of sp³-hybridized carbons (Fsp3) is 0.571. The Morgan fingerprint density at radius 1 is 1.16 bits per heavy atom. The topological polar surface area (TPSA) is 30.5 Å². The summed E-state index contributed by atoms with van der Waals surface area (Å²) in [6.07, 6.45) is 3.67. The lowest BCUT2D eigenvalue weighted by molar-refractivity contribution is -0.177. The highest BCUT2D eigenvalue weighted by molar-refractivity contribution is 6.30. The molecule has 1 saturated heterocycles. The summed E-state index contributed by atoms with van der Waals surface area (Å²) >= 11 is 5.85. The zero-order valence-electron chi connectivity index (χ0n) is 10.6. The summed E-state index contributed by atoms with van der Waals surface area (Å²) < 4.78 is 24.6. The smallest absolute Gasteiger partial charge is 0.168 e. The van der Waals surface area contributed by atoms with E-state index < -0.39 is 0 Å². The van der Waals surface area contributed by atoms with Crippen molar-refractivity contribution in [3.63, 3.8) is 0 Å². The fourth-order valence-corrected chi connectivity index (χ4v) is 3.08. The maximum Gasteiger partial charge on any atom is 0.168 e. The van der Waals surface area contributed by atoms with E-state index in [0.29, 0.717) is 24.3 Å². The number of rotatable bonds is 2. The van der Waals surface area contributed by atoms with Crippen LogP contribution in [0.2, 0.25) is 5.02 Å². The van der Waals surface area contributed by atoms with Gasteiger partial charge in [0.25, 0.3) is 0 Å². The quantitative estimate of drug-likeness (QED) is 0.901. The molecule has 1 N–H and O–H groups in total. The molecule has 1 spiro atoms. The second kappa shape index (κ2) is 5.27. The minimum Gasteiger partial charge on any atom is -0.382 e. The summed E-state index contributed by atoms with van der Waals surface area (Å²) in [6.45, 7) is 1.38. The van der Waals surface area contributed by atoms with E-state index in [2.05, 4.69) is 5.32 Å². The first-order chi connectivity index (χ1) is 9.15. The number of hydrogen-bond acceptors (Lipinski definition) is 3. The number of hydrogen-bond donors (Lipinski definition) is 1. The van der Waals surface area contributed by atoms with Gasteiger partial charge in [0.05, 0.1) is 13.2 Å². The fourth-order valence-electron chi connectivity index (χ4n) is 2.86. The average Bonchev–Trinajstić information content (AvgIpc) is 2.80. The molecule has 3 nitrogen and oxygen atoms in total. The molecule has 1 aromatic carbocycles. The third-order valence-corrected chi connectivity index (χ3v) is 4.01. The summed E-state index contributed by atoms with van der Waals surface area (Å²) in [6, 6.07) is 4.84. The Labute approximate surface area is 117 Å². The monoisotopic (exact) mass is 285 g/mol. The highest BCUT2D eigenvalue weighted by Crippen LogP contribution is 2.36. The molecule has 1 saturated carbocycles. The van der Waals surface area contributed by atoms with Gasteiger partial charge in [-0.2, -0.15) is 0 Å². The molecule has 1 aliphatic carbocycles. The van der Waals surface area contributed by atoms with Gasteiger partial charge in [-0.1, -0.05) is 11.6 Å². The third kappa shape index (κ3) is 3.02. The van der Waals surface area contributed by atoms with Crippen molar-refractivity contribution in [1.29, 1.82) is 0 Å². The standard InChI is InChI=1S/C14H17ClFNO2/c15-10-7-11(16)9-13(8-10)17-12-1-3-14(4-2-12)18-5-6-19-14/h7-9,12,17H,1-6H2. The molecular formula is C14H17ClFNO2. The Kier molecular flexibility index (Phi) is 3.65. The molecule has 1 heterocycles. The van der Waals surface area contributed by atoms with Gasteiger partial charge in [0, 0.05) is 29.6 Å². The van der Waals surface area contributed by atoms with Gasteiger partial charge in [-0.15, -0.1) is 0 Å². The maximum absolute atomic E-state index is 13.3. The largest absolute Gasteiger partial charge is 0.382 e. The average molecular weight is 286 g/mol. The maximum atomic E-state index is 13.3. The van der Waals surface area contributed by atoms with Crippen molar-refractivity contribution >= 4 is 17.3 Å². The van der Waals surface area contributed by atoms with Gasteiger partial charge < -0.3 is 14.8 Å².